The van der Waals surface area contributed by atoms with Crippen LogP contribution in [0.2, 0.25) is 0 Å². The Morgan fingerprint density at radius 3 is 2.24 bits per heavy atom. The average Bonchev–Trinajstić information content (AvgIpc) is 3.26. The fraction of sp³-hybridized carbons (Fsp3) is 0.429. The zero-order chi connectivity index (χ0) is 27.2. The van der Waals surface area contributed by atoms with E-state index in [1.165, 1.54) is 24.1 Å². The molecule has 9 heteroatoms. The van der Waals surface area contributed by atoms with Crippen molar-refractivity contribution in [3.63, 3.8) is 0 Å². The zero-order valence-electron chi connectivity index (χ0n) is 21.7. The number of carbonyl (C=O) groups excluding carboxylic acids is 2. The minimum atomic E-state index is -4.43. The summed E-state index contributed by atoms with van der Waals surface area (Å²) in [6, 6.07) is 12.7. The summed E-state index contributed by atoms with van der Waals surface area (Å²) in [5.74, 6) is -0.461. The molecule has 0 aliphatic carbocycles. The standard InChI is InChI=1S/C28H34F3N3O3/c1-27(2,3)26(36)34(15-16-37-4)19-25(35)33(18-20-9-11-22(12-10-20)28(29,30)31)14-13-21-17-32-24-8-6-5-7-23(21)24/h5-12,17,32H,13-16,18-19H2,1-4H3. The van der Waals surface area contributed by atoms with Crippen molar-refractivity contribution < 1.29 is 27.5 Å². The van der Waals surface area contributed by atoms with Gasteiger partial charge in [0.1, 0.15) is 0 Å². The Labute approximate surface area is 215 Å². The molecule has 0 radical (unpaired) electrons. The number of methoxy groups -OCH3 is 1. The Morgan fingerprint density at radius 1 is 0.946 bits per heavy atom. The van der Waals surface area contributed by atoms with Gasteiger partial charge in [-0.3, -0.25) is 9.59 Å². The van der Waals surface area contributed by atoms with E-state index in [1.54, 1.807) is 25.7 Å². The first-order valence-corrected chi connectivity index (χ1v) is 12.2. The third-order valence-electron chi connectivity index (χ3n) is 6.15. The number of H-pyrrole nitrogens is 1. The molecule has 0 unspecified atom stereocenters. The first-order chi connectivity index (χ1) is 17.4. The van der Waals surface area contributed by atoms with Crippen molar-refractivity contribution in [2.24, 2.45) is 5.41 Å². The van der Waals surface area contributed by atoms with Crippen LogP contribution in [0.3, 0.4) is 0 Å². The Morgan fingerprint density at radius 2 is 1.62 bits per heavy atom. The highest BCUT2D eigenvalue weighted by molar-refractivity contribution is 5.87. The number of halogens is 3. The van der Waals surface area contributed by atoms with Gasteiger partial charge in [0, 0.05) is 49.3 Å². The summed E-state index contributed by atoms with van der Waals surface area (Å²) >= 11 is 0. The number of rotatable bonds is 10. The van der Waals surface area contributed by atoms with Crippen LogP contribution in [0, 0.1) is 5.41 Å². The number of fused-ring (bicyclic) bond motifs is 1. The summed E-state index contributed by atoms with van der Waals surface area (Å²) in [6.07, 6.45) is -1.99. The van der Waals surface area contributed by atoms with Gasteiger partial charge in [-0.1, -0.05) is 51.1 Å². The molecular weight excluding hydrogens is 483 g/mol. The number of nitrogens with one attached hydrogen (secondary N) is 1. The van der Waals surface area contributed by atoms with Crippen molar-refractivity contribution in [3.8, 4) is 0 Å². The second-order valence-corrected chi connectivity index (χ2v) is 10.1. The third kappa shape index (κ3) is 7.58. The smallest absolute Gasteiger partial charge is 0.383 e. The largest absolute Gasteiger partial charge is 0.416 e. The predicted octanol–water partition coefficient (Wildman–Crippen LogP) is 5.28. The van der Waals surface area contributed by atoms with Crippen molar-refractivity contribution in [2.45, 2.75) is 39.9 Å². The van der Waals surface area contributed by atoms with Crippen LogP contribution in [-0.2, 0) is 33.5 Å². The van der Waals surface area contributed by atoms with Gasteiger partial charge in [0.15, 0.2) is 0 Å². The third-order valence-corrected chi connectivity index (χ3v) is 6.15. The molecule has 6 nitrogen and oxygen atoms in total. The number of benzene rings is 2. The van der Waals surface area contributed by atoms with E-state index in [0.717, 1.165) is 28.6 Å². The lowest BCUT2D eigenvalue weighted by molar-refractivity contribution is -0.146. The summed E-state index contributed by atoms with van der Waals surface area (Å²) in [4.78, 5) is 32.8. The number of ether oxygens (including phenoxy) is 1. The molecule has 2 aromatic carbocycles. The number of hydrogen-bond donors (Lipinski definition) is 1. The topological polar surface area (TPSA) is 65.6 Å². The Bertz CT molecular complexity index is 1200. The van der Waals surface area contributed by atoms with Crippen molar-refractivity contribution in [1.82, 2.24) is 14.8 Å². The van der Waals surface area contributed by atoms with Crippen LogP contribution in [0.25, 0.3) is 10.9 Å². The van der Waals surface area contributed by atoms with E-state index in [1.807, 2.05) is 30.5 Å². The van der Waals surface area contributed by atoms with Crippen LogP contribution < -0.4 is 0 Å². The molecule has 200 valence electrons. The molecule has 0 spiro atoms. The predicted molar refractivity (Wildman–Crippen MR) is 137 cm³/mol. The molecule has 37 heavy (non-hydrogen) atoms. The highest BCUT2D eigenvalue weighted by Crippen LogP contribution is 2.29. The van der Waals surface area contributed by atoms with E-state index >= 15 is 0 Å². The van der Waals surface area contributed by atoms with Crippen LogP contribution in [0.15, 0.2) is 54.7 Å². The van der Waals surface area contributed by atoms with Gasteiger partial charge in [-0.05, 0) is 35.7 Å². The van der Waals surface area contributed by atoms with Gasteiger partial charge in [-0.15, -0.1) is 0 Å². The SMILES string of the molecule is COCCN(CC(=O)N(CCc1c[nH]c2ccccc12)Cc1ccc(C(F)(F)F)cc1)C(=O)C(C)(C)C. The lowest BCUT2D eigenvalue weighted by Crippen LogP contribution is -2.47. The molecule has 0 aliphatic heterocycles. The Hall–Kier alpha value is -3.33. The van der Waals surface area contributed by atoms with Crippen molar-refractivity contribution in [2.75, 3.05) is 33.4 Å². The number of carbonyl (C=O) groups is 2. The molecular formula is C28H34F3N3O3. The number of hydrogen-bond acceptors (Lipinski definition) is 3. The van der Waals surface area contributed by atoms with E-state index in [9.17, 15) is 22.8 Å². The molecule has 0 saturated carbocycles. The number of alkyl halides is 3. The number of nitrogens with zero attached hydrogens (tertiary/aromatic N) is 2. The number of amides is 2. The van der Waals surface area contributed by atoms with Crippen molar-refractivity contribution >= 4 is 22.7 Å². The van der Waals surface area contributed by atoms with Gasteiger partial charge in [-0.25, -0.2) is 0 Å². The summed E-state index contributed by atoms with van der Waals surface area (Å²) in [7, 11) is 1.53. The number of para-hydroxylation sites is 1. The monoisotopic (exact) mass is 517 g/mol. The lowest BCUT2D eigenvalue weighted by atomic mass is 9.94. The Kier molecular flexibility index (Phi) is 9.02. The maximum atomic E-state index is 13.5. The fourth-order valence-electron chi connectivity index (χ4n) is 4.10. The van der Waals surface area contributed by atoms with Gasteiger partial charge in [0.2, 0.25) is 11.8 Å². The first kappa shape index (κ1) is 28.2. The molecule has 0 atom stereocenters. The number of aromatic amines is 1. The zero-order valence-corrected chi connectivity index (χ0v) is 21.7. The molecule has 3 rings (SSSR count). The van der Waals surface area contributed by atoms with E-state index in [4.69, 9.17) is 4.74 Å². The highest BCUT2D eigenvalue weighted by Gasteiger charge is 2.31. The van der Waals surface area contributed by atoms with E-state index < -0.39 is 17.2 Å². The average molecular weight is 518 g/mol. The molecule has 0 bridgehead atoms. The summed E-state index contributed by atoms with van der Waals surface area (Å²) in [5, 5.41) is 1.05. The second kappa shape index (κ2) is 11.8. The lowest BCUT2D eigenvalue weighted by Gasteiger charge is -2.31. The molecule has 1 aromatic heterocycles. The van der Waals surface area contributed by atoms with Gasteiger partial charge in [-0.2, -0.15) is 13.2 Å². The van der Waals surface area contributed by atoms with E-state index in [0.29, 0.717) is 18.5 Å². The molecule has 0 saturated heterocycles. The molecule has 3 aromatic rings. The molecule has 1 heterocycles. The van der Waals surface area contributed by atoms with Crippen molar-refractivity contribution in [3.05, 3.63) is 71.4 Å². The highest BCUT2D eigenvalue weighted by atomic mass is 19.4. The van der Waals surface area contributed by atoms with Crippen LogP contribution >= 0.6 is 0 Å². The van der Waals surface area contributed by atoms with E-state index in [-0.39, 0.29) is 38.1 Å². The Balaban J connectivity index is 1.83. The van der Waals surface area contributed by atoms with Gasteiger partial charge in [0.25, 0.3) is 0 Å². The van der Waals surface area contributed by atoms with Crippen LogP contribution in [0.1, 0.15) is 37.5 Å². The maximum absolute atomic E-state index is 13.5. The maximum Gasteiger partial charge on any atom is 0.416 e. The minimum absolute atomic E-state index is 0.126. The molecule has 0 fully saturated rings. The molecule has 1 N–H and O–H groups in total. The van der Waals surface area contributed by atoms with E-state index in [2.05, 4.69) is 4.98 Å². The van der Waals surface area contributed by atoms with Crippen LogP contribution in [0.5, 0.6) is 0 Å². The van der Waals surface area contributed by atoms with Gasteiger partial charge in [0.05, 0.1) is 18.7 Å². The first-order valence-electron chi connectivity index (χ1n) is 12.2. The van der Waals surface area contributed by atoms with Gasteiger partial charge < -0.3 is 19.5 Å². The summed E-state index contributed by atoms with van der Waals surface area (Å²) in [5.41, 5.74) is 1.17. The molecule has 2 amide bonds. The van der Waals surface area contributed by atoms with Crippen molar-refractivity contribution in [1.29, 1.82) is 0 Å². The minimum Gasteiger partial charge on any atom is -0.383 e. The van der Waals surface area contributed by atoms with Crippen LogP contribution in [0.4, 0.5) is 13.2 Å². The quantitative estimate of drug-likeness (QED) is 0.398. The van der Waals surface area contributed by atoms with Gasteiger partial charge >= 0.3 is 6.18 Å². The summed E-state index contributed by atoms with van der Waals surface area (Å²) in [6.45, 7) is 6.22. The summed E-state index contributed by atoms with van der Waals surface area (Å²) < 4.78 is 44.2. The normalized spacial score (nSPS) is 12.1. The van der Waals surface area contributed by atoms with Crippen LogP contribution in [-0.4, -0.2) is 59.9 Å². The number of aromatic nitrogens is 1. The second-order valence-electron chi connectivity index (χ2n) is 10.1. The molecule has 0 aliphatic rings. The fourth-order valence-corrected chi connectivity index (χ4v) is 4.10.